The lowest BCUT2D eigenvalue weighted by atomic mass is 10.0. The van der Waals surface area contributed by atoms with Crippen LogP contribution in [0.25, 0.3) is 0 Å². The molecule has 114 valence electrons. The van der Waals surface area contributed by atoms with E-state index in [1.165, 1.54) is 0 Å². The summed E-state index contributed by atoms with van der Waals surface area (Å²) in [6.07, 6.45) is 0. The van der Waals surface area contributed by atoms with Crippen LogP contribution in [0.3, 0.4) is 0 Å². The fourth-order valence-electron chi connectivity index (χ4n) is 2.17. The predicted molar refractivity (Wildman–Crippen MR) is 91.9 cm³/mol. The molecule has 0 amide bonds. The molecule has 0 aliphatic heterocycles. The van der Waals surface area contributed by atoms with E-state index in [2.05, 4.69) is 10.5 Å². The van der Waals surface area contributed by atoms with Gasteiger partial charge in [-0.25, -0.2) is 0 Å². The Morgan fingerprint density at radius 2 is 1.13 bits per heavy atom. The maximum absolute atomic E-state index is 9.46. The highest BCUT2D eigenvalue weighted by Gasteiger charge is 2.08. The van der Waals surface area contributed by atoms with Gasteiger partial charge in [0.05, 0.1) is 11.4 Å². The number of hydrogen-bond acceptors (Lipinski definition) is 4. The van der Waals surface area contributed by atoms with Gasteiger partial charge in [0.25, 0.3) is 0 Å². The van der Waals surface area contributed by atoms with Crippen molar-refractivity contribution in [2.24, 2.45) is 5.10 Å². The third-order valence-corrected chi connectivity index (χ3v) is 3.35. The molecule has 0 aliphatic carbocycles. The van der Waals surface area contributed by atoms with Gasteiger partial charge in [-0.15, -0.1) is 0 Å². The Kier molecular flexibility index (Phi) is 4.25. The number of para-hydroxylation sites is 1. The van der Waals surface area contributed by atoms with Gasteiger partial charge in [0, 0.05) is 11.1 Å². The van der Waals surface area contributed by atoms with Crippen molar-refractivity contribution in [3.05, 3.63) is 90.0 Å². The second kappa shape index (κ2) is 6.66. The molecule has 3 N–H and O–H groups in total. The van der Waals surface area contributed by atoms with Crippen LogP contribution in [0.4, 0.5) is 5.69 Å². The Morgan fingerprint density at radius 1 is 0.652 bits per heavy atom. The number of anilines is 1. The fraction of sp³-hybridized carbons (Fsp3) is 0. The highest BCUT2D eigenvalue weighted by Crippen LogP contribution is 2.18. The first-order valence-corrected chi connectivity index (χ1v) is 7.20. The van der Waals surface area contributed by atoms with Gasteiger partial charge in [0.15, 0.2) is 0 Å². The topological polar surface area (TPSA) is 64.9 Å². The summed E-state index contributed by atoms with van der Waals surface area (Å²) < 4.78 is 0. The maximum atomic E-state index is 9.46. The third kappa shape index (κ3) is 3.68. The van der Waals surface area contributed by atoms with Crippen LogP contribution in [0.2, 0.25) is 0 Å². The van der Waals surface area contributed by atoms with Gasteiger partial charge in [0.1, 0.15) is 11.5 Å². The molecule has 0 spiro atoms. The molecular formula is C19H16N2O2. The summed E-state index contributed by atoms with van der Waals surface area (Å²) in [4.78, 5) is 0. The molecule has 0 unspecified atom stereocenters. The zero-order chi connectivity index (χ0) is 16.1. The minimum atomic E-state index is 0.204. The van der Waals surface area contributed by atoms with E-state index < -0.39 is 0 Å². The van der Waals surface area contributed by atoms with Crippen molar-refractivity contribution in [2.45, 2.75) is 0 Å². The van der Waals surface area contributed by atoms with Crippen molar-refractivity contribution >= 4 is 11.4 Å². The maximum Gasteiger partial charge on any atom is 0.115 e. The van der Waals surface area contributed by atoms with Crippen LogP contribution >= 0.6 is 0 Å². The quantitative estimate of drug-likeness (QED) is 0.505. The van der Waals surface area contributed by atoms with Crippen LogP contribution in [0.15, 0.2) is 84.0 Å². The summed E-state index contributed by atoms with van der Waals surface area (Å²) in [5.74, 6) is 0.407. The average Bonchev–Trinajstić information content (AvgIpc) is 2.59. The lowest BCUT2D eigenvalue weighted by Gasteiger charge is -2.09. The first-order valence-electron chi connectivity index (χ1n) is 7.20. The van der Waals surface area contributed by atoms with Crippen LogP contribution in [0.1, 0.15) is 11.1 Å². The Balaban J connectivity index is 1.99. The van der Waals surface area contributed by atoms with E-state index in [1.807, 2.05) is 30.3 Å². The molecule has 3 aromatic carbocycles. The molecule has 0 aliphatic rings. The van der Waals surface area contributed by atoms with Crippen LogP contribution in [-0.4, -0.2) is 15.9 Å². The van der Waals surface area contributed by atoms with Gasteiger partial charge in [-0.3, -0.25) is 5.43 Å². The molecule has 0 saturated heterocycles. The standard InChI is InChI=1S/C19H16N2O2/c22-17-10-6-14(7-11-17)19(15-8-12-18(23)13-9-15)21-20-16-4-2-1-3-5-16/h1-13,20,22-23H. The summed E-state index contributed by atoms with van der Waals surface area (Å²) >= 11 is 0. The van der Waals surface area contributed by atoms with E-state index >= 15 is 0 Å². The number of benzene rings is 3. The fourth-order valence-corrected chi connectivity index (χ4v) is 2.17. The first-order chi connectivity index (χ1) is 11.2. The van der Waals surface area contributed by atoms with E-state index in [1.54, 1.807) is 48.5 Å². The zero-order valence-electron chi connectivity index (χ0n) is 12.3. The smallest absolute Gasteiger partial charge is 0.115 e. The highest BCUT2D eigenvalue weighted by molar-refractivity contribution is 6.13. The minimum Gasteiger partial charge on any atom is -0.508 e. The molecule has 4 nitrogen and oxygen atoms in total. The SMILES string of the molecule is Oc1ccc(C(=NNc2ccccc2)c2ccc(O)cc2)cc1. The van der Waals surface area contributed by atoms with Crippen LogP contribution in [0.5, 0.6) is 11.5 Å². The van der Waals surface area contributed by atoms with Gasteiger partial charge >= 0.3 is 0 Å². The van der Waals surface area contributed by atoms with Gasteiger partial charge < -0.3 is 10.2 Å². The number of nitrogens with one attached hydrogen (secondary N) is 1. The van der Waals surface area contributed by atoms with Crippen molar-refractivity contribution in [2.75, 3.05) is 5.43 Å². The van der Waals surface area contributed by atoms with E-state index in [4.69, 9.17) is 0 Å². The van der Waals surface area contributed by atoms with Crippen molar-refractivity contribution < 1.29 is 10.2 Å². The molecule has 0 bridgehead atoms. The van der Waals surface area contributed by atoms with Crippen molar-refractivity contribution in [1.29, 1.82) is 0 Å². The predicted octanol–water partition coefficient (Wildman–Crippen LogP) is 3.96. The molecule has 0 fully saturated rings. The van der Waals surface area contributed by atoms with Gasteiger partial charge in [-0.1, -0.05) is 18.2 Å². The van der Waals surface area contributed by atoms with E-state index in [0.29, 0.717) is 5.71 Å². The van der Waals surface area contributed by atoms with Gasteiger partial charge in [-0.2, -0.15) is 5.10 Å². The molecular weight excluding hydrogens is 288 g/mol. The largest absolute Gasteiger partial charge is 0.508 e. The number of nitrogens with zero attached hydrogens (tertiary/aromatic N) is 1. The lowest BCUT2D eigenvalue weighted by Crippen LogP contribution is -2.06. The van der Waals surface area contributed by atoms with E-state index in [0.717, 1.165) is 16.8 Å². The number of aromatic hydroxyl groups is 2. The number of hydrazone groups is 1. The molecule has 3 rings (SSSR count). The average molecular weight is 304 g/mol. The molecule has 3 aromatic rings. The van der Waals surface area contributed by atoms with Crippen LogP contribution < -0.4 is 5.43 Å². The molecule has 0 atom stereocenters. The minimum absolute atomic E-state index is 0.204. The second-order valence-corrected chi connectivity index (χ2v) is 5.03. The molecule has 0 saturated carbocycles. The van der Waals surface area contributed by atoms with E-state index in [-0.39, 0.29) is 11.5 Å². The normalized spacial score (nSPS) is 10.1. The first kappa shape index (κ1) is 14.7. The molecule has 0 radical (unpaired) electrons. The Morgan fingerprint density at radius 3 is 1.61 bits per heavy atom. The number of rotatable bonds is 4. The lowest BCUT2D eigenvalue weighted by molar-refractivity contribution is 0.475. The summed E-state index contributed by atoms with van der Waals surface area (Å²) in [7, 11) is 0. The summed E-state index contributed by atoms with van der Waals surface area (Å²) in [5, 5.41) is 23.4. The summed E-state index contributed by atoms with van der Waals surface area (Å²) in [5.41, 5.74) is 6.34. The molecule has 0 heterocycles. The Bertz CT molecular complexity index is 748. The van der Waals surface area contributed by atoms with E-state index in [9.17, 15) is 10.2 Å². The zero-order valence-corrected chi connectivity index (χ0v) is 12.3. The van der Waals surface area contributed by atoms with Crippen molar-refractivity contribution in [1.82, 2.24) is 0 Å². The van der Waals surface area contributed by atoms with Crippen LogP contribution in [-0.2, 0) is 0 Å². The van der Waals surface area contributed by atoms with Gasteiger partial charge in [-0.05, 0) is 60.7 Å². The molecule has 0 aromatic heterocycles. The molecule has 4 heteroatoms. The second-order valence-electron chi connectivity index (χ2n) is 5.03. The Labute approximate surface area is 134 Å². The third-order valence-electron chi connectivity index (χ3n) is 3.35. The van der Waals surface area contributed by atoms with Crippen molar-refractivity contribution in [3.63, 3.8) is 0 Å². The molecule has 23 heavy (non-hydrogen) atoms. The highest BCUT2D eigenvalue weighted by atomic mass is 16.3. The monoisotopic (exact) mass is 304 g/mol. The van der Waals surface area contributed by atoms with Crippen molar-refractivity contribution in [3.8, 4) is 11.5 Å². The number of hydrogen-bond donors (Lipinski definition) is 3. The number of phenolic OH excluding ortho intramolecular Hbond substituents is 2. The summed E-state index contributed by atoms with van der Waals surface area (Å²) in [6.45, 7) is 0. The summed E-state index contributed by atoms with van der Waals surface area (Å²) in [6, 6.07) is 23.3. The van der Waals surface area contributed by atoms with Crippen LogP contribution in [0, 0.1) is 0 Å². The number of phenols is 2. The Hall–Kier alpha value is -3.27. The van der Waals surface area contributed by atoms with Gasteiger partial charge in [0.2, 0.25) is 0 Å².